The van der Waals surface area contributed by atoms with E-state index in [2.05, 4.69) is 5.32 Å². The summed E-state index contributed by atoms with van der Waals surface area (Å²) in [5.41, 5.74) is 1.19. The first kappa shape index (κ1) is 13.7. The van der Waals surface area contributed by atoms with E-state index in [1.807, 2.05) is 18.2 Å². The van der Waals surface area contributed by atoms with E-state index in [9.17, 15) is 8.42 Å². The highest BCUT2D eigenvalue weighted by molar-refractivity contribution is 7.92. The van der Waals surface area contributed by atoms with Crippen LogP contribution in [0.2, 0.25) is 0 Å². The van der Waals surface area contributed by atoms with Crippen LogP contribution >= 0.6 is 0 Å². The molecule has 2 fully saturated rings. The third kappa shape index (κ3) is 2.76. The molecule has 3 rings (SSSR count). The SMILES string of the molecule is COc1cc(C2CCCN2)ccc1OC1CS(=O)(=O)C1. The fourth-order valence-corrected chi connectivity index (χ4v) is 3.90. The van der Waals surface area contributed by atoms with Gasteiger partial charge in [-0.2, -0.15) is 0 Å². The zero-order valence-corrected chi connectivity index (χ0v) is 12.3. The van der Waals surface area contributed by atoms with Crippen molar-refractivity contribution in [2.75, 3.05) is 25.2 Å². The van der Waals surface area contributed by atoms with Crippen LogP contribution in [-0.4, -0.2) is 39.7 Å². The van der Waals surface area contributed by atoms with Crippen molar-refractivity contribution in [1.82, 2.24) is 5.32 Å². The summed E-state index contributed by atoms with van der Waals surface area (Å²) in [4.78, 5) is 0. The lowest BCUT2D eigenvalue weighted by Crippen LogP contribution is -2.45. The van der Waals surface area contributed by atoms with Gasteiger partial charge in [-0.05, 0) is 37.1 Å². The molecule has 0 aliphatic carbocycles. The minimum atomic E-state index is -2.87. The molecule has 2 aliphatic heterocycles. The van der Waals surface area contributed by atoms with Crippen LogP contribution in [0.5, 0.6) is 11.5 Å². The molecule has 1 aromatic rings. The number of sulfone groups is 1. The summed E-state index contributed by atoms with van der Waals surface area (Å²) in [7, 11) is -1.26. The van der Waals surface area contributed by atoms with Gasteiger partial charge in [0.15, 0.2) is 21.3 Å². The maximum atomic E-state index is 11.2. The summed E-state index contributed by atoms with van der Waals surface area (Å²) in [6.45, 7) is 1.05. The topological polar surface area (TPSA) is 64.6 Å². The molecule has 1 unspecified atom stereocenters. The van der Waals surface area contributed by atoms with Crippen molar-refractivity contribution in [3.05, 3.63) is 23.8 Å². The molecule has 1 atom stereocenters. The number of ether oxygens (including phenoxy) is 2. The standard InChI is InChI=1S/C14H19NO4S/c1-18-14-7-10(12-3-2-6-15-12)4-5-13(14)19-11-8-20(16,17)9-11/h4-5,7,11-12,15H,2-3,6,8-9H2,1H3. The molecule has 5 nitrogen and oxygen atoms in total. The third-order valence-corrected chi connectivity index (χ3v) is 5.58. The normalized spacial score (nSPS) is 25.1. The molecule has 6 heteroatoms. The van der Waals surface area contributed by atoms with Crippen LogP contribution in [0.15, 0.2) is 18.2 Å². The van der Waals surface area contributed by atoms with E-state index in [0.717, 1.165) is 13.0 Å². The Labute approximate surface area is 119 Å². The minimum absolute atomic E-state index is 0.0993. The van der Waals surface area contributed by atoms with Crippen molar-refractivity contribution in [1.29, 1.82) is 0 Å². The van der Waals surface area contributed by atoms with Crippen molar-refractivity contribution >= 4 is 9.84 Å². The molecule has 2 saturated heterocycles. The Morgan fingerprint density at radius 2 is 2.05 bits per heavy atom. The second kappa shape index (κ2) is 5.26. The fourth-order valence-electron chi connectivity index (χ4n) is 2.73. The zero-order chi connectivity index (χ0) is 14.2. The lowest BCUT2D eigenvalue weighted by atomic mass is 10.0. The number of nitrogens with one attached hydrogen (secondary N) is 1. The summed E-state index contributed by atoms with van der Waals surface area (Å²) in [5.74, 6) is 1.49. The van der Waals surface area contributed by atoms with Gasteiger partial charge in [0, 0.05) is 6.04 Å². The number of hydrogen-bond donors (Lipinski definition) is 1. The molecule has 2 heterocycles. The van der Waals surface area contributed by atoms with Gasteiger partial charge in [0.05, 0.1) is 18.6 Å². The van der Waals surface area contributed by atoms with E-state index in [-0.39, 0.29) is 17.6 Å². The fraction of sp³-hybridized carbons (Fsp3) is 0.571. The molecule has 0 saturated carbocycles. The number of hydrogen-bond acceptors (Lipinski definition) is 5. The van der Waals surface area contributed by atoms with E-state index in [4.69, 9.17) is 9.47 Å². The Balaban J connectivity index is 1.74. The average Bonchev–Trinajstić information content (AvgIpc) is 2.91. The molecule has 0 spiro atoms. The van der Waals surface area contributed by atoms with Crippen molar-refractivity contribution in [3.8, 4) is 11.5 Å². The summed E-state index contributed by atoms with van der Waals surface area (Å²) in [6, 6.07) is 6.25. The largest absolute Gasteiger partial charge is 0.493 e. The summed E-state index contributed by atoms with van der Waals surface area (Å²) in [6.07, 6.45) is 2.07. The maximum Gasteiger partial charge on any atom is 0.161 e. The highest BCUT2D eigenvalue weighted by atomic mass is 32.2. The molecular formula is C14H19NO4S. The average molecular weight is 297 g/mol. The van der Waals surface area contributed by atoms with Gasteiger partial charge in [-0.1, -0.05) is 6.07 Å². The van der Waals surface area contributed by atoms with E-state index < -0.39 is 9.84 Å². The highest BCUT2D eigenvalue weighted by Gasteiger charge is 2.35. The Kier molecular flexibility index (Phi) is 3.60. The first-order chi connectivity index (χ1) is 9.57. The molecule has 1 aromatic carbocycles. The maximum absolute atomic E-state index is 11.2. The van der Waals surface area contributed by atoms with Gasteiger partial charge in [0.1, 0.15) is 6.10 Å². The van der Waals surface area contributed by atoms with Gasteiger partial charge < -0.3 is 14.8 Å². The summed E-state index contributed by atoms with van der Waals surface area (Å²) in [5, 5.41) is 3.44. The molecule has 0 radical (unpaired) electrons. The van der Waals surface area contributed by atoms with Crippen molar-refractivity contribution in [3.63, 3.8) is 0 Å². The number of rotatable bonds is 4. The van der Waals surface area contributed by atoms with Gasteiger partial charge in [-0.3, -0.25) is 0 Å². The van der Waals surface area contributed by atoms with E-state index >= 15 is 0 Å². The smallest absolute Gasteiger partial charge is 0.161 e. The lowest BCUT2D eigenvalue weighted by Gasteiger charge is -2.27. The molecule has 1 N–H and O–H groups in total. The van der Waals surface area contributed by atoms with E-state index in [1.54, 1.807) is 7.11 Å². The predicted molar refractivity (Wildman–Crippen MR) is 76.0 cm³/mol. The van der Waals surface area contributed by atoms with Gasteiger partial charge in [0.25, 0.3) is 0 Å². The van der Waals surface area contributed by atoms with Crippen LogP contribution in [0.1, 0.15) is 24.4 Å². The Hall–Kier alpha value is -1.27. The second-order valence-corrected chi connectivity index (χ2v) is 7.53. The first-order valence-corrected chi connectivity index (χ1v) is 8.68. The first-order valence-electron chi connectivity index (χ1n) is 6.86. The molecule has 0 amide bonds. The van der Waals surface area contributed by atoms with E-state index in [1.165, 1.54) is 12.0 Å². The number of benzene rings is 1. The van der Waals surface area contributed by atoms with Crippen molar-refractivity contribution in [2.24, 2.45) is 0 Å². The molecule has 110 valence electrons. The van der Waals surface area contributed by atoms with Gasteiger partial charge in [-0.15, -0.1) is 0 Å². The van der Waals surface area contributed by atoms with Crippen LogP contribution < -0.4 is 14.8 Å². The quantitative estimate of drug-likeness (QED) is 0.907. The Morgan fingerprint density at radius 1 is 1.25 bits per heavy atom. The van der Waals surface area contributed by atoms with Crippen LogP contribution in [0.4, 0.5) is 0 Å². The zero-order valence-electron chi connectivity index (χ0n) is 11.5. The molecule has 20 heavy (non-hydrogen) atoms. The molecular weight excluding hydrogens is 278 g/mol. The van der Waals surface area contributed by atoms with Crippen LogP contribution in [0.3, 0.4) is 0 Å². The molecule has 0 bridgehead atoms. The Bertz CT molecular complexity index is 581. The molecule has 2 aliphatic rings. The second-order valence-electron chi connectivity index (χ2n) is 5.38. The monoisotopic (exact) mass is 297 g/mol. The van der Waals surface area contributed by atoms with Gasteiger partial charge in [0.2, 0.25) is 0 Å². The van der Waals surface area contributed by atoms with Gasteiger partial charge >= 0.3 is 0 Å². The lowest BCUT2D eigenvalue weighted by molar-refractivity contribution is 0.219. The molecule has 0 aromatic heterocycles. The van der Waals surface area contributed by atoms with Gasteiger partial charge in [-0.25, -0.2) is 8.42 Å². The highest BCUT2D eigenvalue weighted by Crippen LogP contribution is 2.34. The van der Waals surface area contributed by atoms with Crippen LogP contribution in [0, 0.1) is 0 Å². The van der Waals surface area contributed by atoms with Crippen molar-refractivity contribution < 1.29 is 17.9 Å². The minimum Gasteiger partial charge on any atom is -0.493 e. The summed E-state index contributed by atoms with van der Waals surface area (Å²) >= 11 is 0. The van der Waals surface area contributed by atoms with Crippen LogP contribution in [0.25, 0.3) is 0 Å². The van der Waals surface area contributed by atoms with Crippen LogP contribution in [-0.2, 0) is 9.84 Å². The van der Waals surface area contributed by atoms with E-state index in [0.29, 0.717) is 17.5 Å². The van der Waals surface area contributed by atoms with Crippen molar-refractivity contribution in [2.45, 2.75) is 25.0 Å². The Morgan fingerprint density at radius 3 is 2.65 bits per heavy atom. The third-order valence-electron chi connectivity index (χ3n) is 3.82. The summed E-state index contributed by atoms with van der Waals surface area (Å²) < 4.78 is 33.4. The predicted octanol–water partition coefficient (Wildman–Crippen LogP) is 1.30. The number of methoxy groups -OCH3 is 1.